The molecule has 0 saturated heterocycles. The minimum Gasteiger partial charge on any atom is -0.497 e. The average molecular weight is 391 g/mol. The van der Waals surface area contributed by atoms with E-state index in [9.17, 15) is 13.6 Å². The topological polar surface area (TPSA) is 115 Å². The summed E-state index contributed by atoms with van der Waals surface area (Å²) < 4.78 is 33.3. The second-order valence-corrected chi connectivity index (χ2v) is 6.78. The van der Waals surface area contributed by atoms with Crippen molar-refractivity contribution < 1.29 is 18.3 Å². The predicted molar refractivity (Wildman–Crippen MR) is 103 cm³/mol. The standard InChI is InChI=1S/C19H23F2N5O2/c1-28-12-7-10(20)6-11(8-12)24-18-13(17(23)27)9-14(21)19(26-18)25-16-5-3-2-4-15(16)22/h6-9,15-16H,2-5,22H2,1H3,(H2,23,27)(H2,24,25,26)/t15-,16+/m0/s1. The molecule has 1 heterocycles. The molecule has 1 saturated carbocycles. The zero-order valence-corrected chi connectivity index (χ0v) is 15.5. The molecule has 0 spiro atoms. The van der Waals surface area contributed by atoms with Crippen molar-refractivity contribution in [2.45, 2.75) is 37.8 Å². The van der Waals surface area contributed by atoms with E-state index in [0.717, 1.165) is 31.7 Å². The van der Waals surface area contributed by atoms with Gasteiger partial charge in [-0.25, -0.2) is 13.8 Å². The smallest absolute Gasteiger partial charge is 0.252 e. The van der Waals surface area contributed by atoms with Crippen LogP contribution < -0.4 is 26.8 Å². The molecule has 7 nitrogen and oxygen atoms in total. The Labute approximate surface area is 161 Å². The van der Waals surface area contributed by atoms with E-state index in [1.165, 1.54) is 25.3 Å². The van der Waals surface area contributed by atoms with Gasteiger partial charge in [0.2, 0.25) is 0 Å². The third-order valence-corrected chi connectivity index (χ3v) is 4.75. The third-order valence-electron chi connectivity index (χ3n) is 4.75. The SMILES string of the molecule is COc1cc(F)cc(Nc2nc(N[C@@H]3CCCC[C@@H]3N)c(F)cc2C(N)=O)c1. The highest BCUT2D eigenvalue weighted by molar-refractivity contribution is 5.98. The number of benzene rings is 1. The van der Waals surface area contributed by atoms with Crippen LogP contribution in [0.25, 0.3) is 0 Å². The normalized spacial score (nSPS) is 19.1. The van der Waals surface area contributed by atoms with E-state index in [1.807, 2.05) is 0 Å². The first kappa shape index (κ1) is 19.8. The van der Waals surface area contributed by atoms with Crippen molar-refractivity contribution in [2.75, 3.05) is 17.7 Å². The fourth-order valence-electron chi connectivity index (χ4n) is 3.28. The zero-order valence-electron chi connectivity index (χ0n) is 15.5. The Morgan fingerprint density at radius 2 is 1.93 bits per heavy atom. The van der Waals surface area contributed by atoms with Crippen LogP contribution in [0.15, 0.2) is 24.3 Å². The molecule has 2 atom stereocenters. The first-order chi connectivity index (χ1) is 13.4. The molecule has 1 aliphatic carbocycles. The van der Waals surface area contributed by atoms with Gasteiger partial charge in [-0.2, -0.15) is 0 Å². The molecule has 28 heavy (non-hydrogen) atoms. The van der Waals surface area contributed by atoms with Gasteiger partial charge in [-0.05, 0) is 25.0 Å². The maximum absolute atomic E-state index is 14.5. The van der Waals surface area contributed by atoms with Crippen molar-refractivity contribution in [3.8, 4) is 5.75 Å². The highest BCUT2D eigenvalue weighted by Gasteiger charge is 2.24. The predicted octanol–water partition coefficient (Wildman–Crippen LogP) is 2.89. The number of carbonyl (C=O) groups excluding carboxylic acids is 1. The number of hydrogen-bond acceptors (Lipinski definition) is 6. The van der Waals surface area contributed by atoms with Crippen molar-refractivity contribution in [1.82, 2.24) is 4.98 Å². The summed E-state index contributed by atoms with van der Waals surface area (Å²) in [5, 5.41) is 5.84. The van der Waals surface area contributed by atoms with Crippen molar-refractivity contribution in [2.24, 2.45) is 11.5 Å². The van der Waals surface area contributed by atoms with E-state index in [2.05, 4.69) is 15.6 Å². The van der Waals surface area contributed by atoms with E-state index in [1.54, 1.807) is 0 Å². The number of nitrogens with two attached hydrogens (primary N) is 2. The van der Waals surface area contributed by atoms with Crippen LogP contribution in [-0.2, 0) is 0 Å². The number of hydrogen-bond donors (Lipinski definition) is 4. The van der Waals surface area contributed by atoms with Gasteiger partial charge in [-0.3, -0.25) is 4.79 Å². The van der Waals surface area contributed by atoms with Crippen molar-refractivity contribution >= 4 is 23.2 Å². The maximum atomic E-state index is 14.5. The number of pyridine rings is 1. The van der Waals surface area contributed by atoms with Crippen molar-refractivity contribution in [1.29, 1.82) is 0 Å². The Morgan fingerprint density at radius 1 is 1.18 bits per heavy atom. The fraction of sp³-hybridized carbons (Fsp3) is 0.368. The molecule has 1 aromatic heterocycles. The van der Waals surface area contributed by atoms with E-state index in [0.29, 0.717) is 0 Å². The molecule has 3 rings (SSSR count). The summed E-state index contributed by atoms with van der Waals surface area (Å²) in [7, 11) is 1.40. The Bertz CT molecular complexity index is 878. The maximum Gasteiger partial charge on any atom is 0.252 e. The van der Waals surface area contributed by atoms with Crippen LogP contribution >= 0.6 is 0 Å². The number of ether oxygens (including phenoxy) is 1. The van der Waals surface area contributed by atoms with Gasteiger partial charge >= 0.3 is 0 Å². The molecule has 0 radical (unpaired) electrons. The molecule has 1 fully saturated rings. The number of aromatic nitrogens is 1. The van der Waals surface area contributed by atoms with Crippen LogP contribution in [0.3, 0.4) is 0 Å². The third kappa shape index (κ3) is 4.48. The molecule has 9 heteroatoms. The first-order valence-electron chi connectivity index (χ1n) is 9.01. The molecule has 0 aliphatic heterocycles. The van der Waals surface area contributed by atoms with Gasteiger partial charge in [0.1, 0.15) is 17.4 Å². The van der Waals surface area contributed by atoms with Crippen molar-refractivity contribution in [3.63, 3.8) is 0 Å². The number of nitrogens with zero attached hydrogens (tertiary/aromatic N) is 1. The summed E-state index contributed by atoms with van der Waals surface area (Å²) in [6.45, 7) is 0. The molecular formula is C19H23F2N5O2. The van der Waals surface area contributed by atoms with Gasteiger partial charge in [0.15, 0.2) is 11.6 Å². The lowest BCUT2D eigenvalue weighted by Gasteiger charge is -2.30. The number of methoxy groups -OCH3 is 1. The number of anilines is 3. The summed E-state index contributed by atoms with van der Waals surface area (Å²) in [4.78, 5) is 15.9. The summed E-state index contributed by atoms with van der Waals surface area (Å²) in [6, 6.07) is 4.68. The first-order valence-corrected chi connectivity index (χ1v) is 9.01. The van der Waals surface area contributed by atoms with Gasteiger partial charge in [-0.15, -0.1) is 0 Å². The lowest BCUT2D eigenvalue weighted by molar-refractivity contribution is 0.100. The Kier molecular flexibility index (Phi) is 5.93. The summed E-state index contributed by atoms with van der Waals surface area (Å²) in [5.74, 6) is -1.88. The van der Waals surface area contributed by atoms with Crippen LogP contribution in [0.4, 0.5) is 26.1 Å². The monoisotopic (exact) mass is 391 g/mol. The summed E-state index contributed by atoms with van der Waals surface area (Å²) in [6.07, 6.45) is 3.65. The van der Waals surface area contributed by atoms with Gasteiger partial charge in [0, 0.05) is 29.9 Å². The number of carbonyl (C=O) groups is 1. The van der Waals surface area contributed by atoms with E-state index < -0.39 is 17.5 Å². The van der Waals surface area contributed by atoms with Crippen LogP contribution in [0.5, 0.6) is 5.75 Å². The van der Waals surface area contributed by atoms with Crippen LogP contribution in [0.2, 0.25) is 0 Å². The van der Waals surface area contributed by atoms with Gasteiger partial charge < -0.3 is 26.8 Å². The van der Waals surface area contributed by atoms with E-state index >= 15 is 0 Å². The number of nitrogens with one attached hydrogen (secondary N) is 2. The molecular weight excluding hydrogens is 368 g/mol. The molecule has 1 amide bonds. The lowest BCUT2D eigenvalue weighted by atomic mass is 9.91. The minimum absolute atomic E-state index is 0.00781. The Hall–Kier alpha value is -2.94. The number of rotatable bonds is 6. The van der Waals surface area contributed by atoms with E-state index in [4.69, 9.17) is 16.2 Å². The molecule has 2 aromatic rings. The second kappa shape index (κ2) is 8.39. The van der Waals surface area contributed by atoms with E-state index in [-0.39, 0.29) is 40.7 Å². The van der Waals surface area contributed by atoms with Gasteiger partial charge in [0.25, 0.3) is 5.91 Å². The molecule has 0 bridgehead atoms. The average Bonchev–Trinajstić information content (AvgIpc) is 2.65. The minimum atomic E-state index is -0.863. The van der Waals surface area contributed by atoms with Gasteiger partial charge in [0.05, 0.1) is 12.7 Å². The quantitative estimate of drug-likeness (QED) is 0.602. The largest absolute Gasteiger partial charge is 0.497 e. The molecule has 6 N–H and O–H groups in total. The van der Waals surface area contributed by atoms with Crippen molar-refractivity contribution in [3.05, 3.63) is 41.5 Å². The second-order valence-electron chi connectivity index (χ2n) is 6.78. The number of halogens is 2. The molecule has 1 aliphatic rings. The van der Waals surface area contributed by atoms with Crippen LogP contribution in [0.1, 0.15) is 36.0 Å². The molecule has 150 valence electrons. The fourth-order valence-corrected chi connectivity index (χ4v) is 3.28. The highest BCUT2D eigenvalue weighted by Crippen LogP contribution is 2.28. The highest BCUT2D eigenvalue weighted by atomic mass is 19.1. The van der Waals surface area contributed by atoms with Gasteiger partial charge in [-0.1, -0.05) is 12.8 Å². The molecule has 1 aromatic carbocycles. The Morgan fingerprint density at radius 3 is 2.61 bits per heavy atom. The summed E-state index contributed by atoms with van der Waals surface area (Å²) in [5.41, 5.74) is 11.6. The molecule has 0 unspecified atom stereocenters. The number of primary amides is 1. The Balaban J connectivity index is 1.94. The number of amides is 1. The lowest BCUT2D eigenvalue weighted by Crippen LogP contribution is -2.43. The summed E-state index contributed by atoms with van der Waals surface area (Å²) >= 11 is 0. The zero-order chi connectivity index (χ0) is 20.3. The van der Waals surface area contributed by atoms with Crippen LogP contribution in [-0.4, -0.2) is 30.1 Å². The van der Waals surface area contributed by atoms with Crippen LogP contribution in [0, 0.1) is 11.6 Å².